The van der Waals surface area contributed by atoms with E-state index < -0.39 is 0 Å². The van der Waals surface area contributed by atoms with Gasteiger partial charge in [-0.15, -0.1) is 0 Å². The van der Waals surface area contributed by atoms with Crippen molar-refractivity contribution in [3.05, 3.63) is 35.4 Å². The van der Waals surface area contributed by atoms with Gasteiger partial charge in [0.05, 0.1) is 0 Å². The molecule has 1 aromatic carbocycles. The molecule has 0 aromatic heterocycles. The van der Waals surface area contributed by atoms with Crippen LogP contribution in [0.4, 0.5) is 0 Å². The number of hydrogen-bond acceptors (Lipinski definition) is 2. The van der Waals surface area contributed by atoms with Gasteiger partial charge in [0.2, 0.25) is 0 Å². The largest absolute Gasteiger partial charge is 0.319 e. The summed E-state index contributed by atoms with van der Waals surface area (Å²) in [4.78, 5) is 14.8. The maximum atomic E-state index is 12.8. The number of hydrogen-bond donors (Lipinski definition) is 1. The van der Waals surface area contributed by atoms with Gasteiger partial charge >= 0.3 is 0 Å². The Morgan fingerprint density at radius 2 is 2.00 bits per heavy atom. The standard InChI is InChI=1S/C20H30N2O/c1-4-5-13-22-19(16-10-6-7-11-17(16)20(22)23)21-18-12-8-9-14(2)15(18)3/h6-7,10-11,14-15,18-19,21H,4-5,8-9,12-13H2,1-3H3/t14-,15-,18-,19-/m1/s1. The quantitative estimate of drug-likeness (QED) is 0.876. The first-order chi connectivity index (χ1) is 11.1. The van der Waals surface area contributed by atoms with Crippen LogP contribution in [0, 0.1) is 11.8 Å². The predicted molar refractivity (Wildman–Crippen MR) is 94.2 cm³/mol. The monoisotopic (exact) mass is 314 g/mol. The number of rotatable bonds is 5. The number of unbranched alkanes of at least 4 members (excludes halogenated alkanes) is 1. The minimum Gasteiger partial charge on any atom is -0.319 e. The van der Waals surface area contributed by atoms with Gasteiger partial charge in [0, 0.05) is 23.7 Å². The highest BCUT2D eigenvalue weighted by molar-refractivity contribution is 5.99. The molecule has 1 aliphatic carbocycles. The summed E-state index contributed by atoms with van der Waals surface area (Å²) in [6.45, 7) is 7.75. The molecule has 0 unspecified atom stereocenters. The zero-order chi connectivity index (χ0) is 16.4. The van der Waals surface area contributed by atoms with E-state index in [1.165, 1.54) is 24.8 Å². The first-order valence-corrected chi connectivity index (χ1v) is 9.29. The molecular weight excluding hydrogens is 284 g/mol. The first-order valence-electron chi connectivity index (χ1n) is 9.29. The van der Waals surface area contributed by atoms with E-state index in [1.807, 2.05) is 12.1 Å². The lowest BCUT2D eigenvalue weighted by molar-refractivity contribution is 0.0640. The topological polar surface area (TPSA) is 32.3 Å². The van der Waals surface area contributed by atoms with Crippen LogP contribution in [0.5, 0.6) is 0 Å². The zero-order valence-corrected chi connectivity index (χ0v) is 14.7. The lowest BCUT2D eigenvalue weighted by Crippen LogP contribution is -2.47. The Hall–Kier alpha value is -1.35. The molecule has 0 spiro atoms. The third-order valence-electron chi connectivity index (χ3n) is 5.89. The highest BCUT2D eigenvalue weighted by Gasteiger charge is 2.38. The van der Waals surface area contributed by atoms with E-state index >= 15 is 0 Å². The van der Waals surface area contributed by atoms with Crippen molar-refractivity contribution in [1.29, 1.82) is 0 Å². The molecule has 3 rings (SSSR count). The summed E-state index contributed by atoms with van der Waals surface area (Å²) in [6, 6.07) is 8.63. The van der Waals surface area contributed by atoms with E-state index in [2.05, 4.69) is 43.1 Å². The van der Waals surface area contributed by atoms with Crippen LogP contribution in [-0.2, 0) is 0 Å². The van der Waals surface area contributed by atoms with Gasteiger partial charge in [-0.05, 0) is 30.7 Å². The van der Waals surface area contributed by atoms with E-state index in [-0.39, 0.29) is 12.1 Å². The summed E-state index contributed by atoms with van der Waals surface area (Å²) in [5.74, 6) is 1.63. The highest BCUT2D eigenvalue weighted by Crippen LogP contribution is 2.36. The normalized spacial score (nSPS) is 30.6. The van der Waals surface area contributed by atoms with Crippen LogP contribution in [0.15, 0.2) is 24.3 Å². The van der Waals surface area contributed by atoms with Gasteiger partial charge in [-0.25, -0.2) is 0 Å². The lowest BCUT2D eigenvalue weighted by Gasteiger charge is -2.38. The van der Waals surface area contributed by atoms with E-state index in [9.17, 15) is 4.79 Å². The van der Waals surface area contributed by atoms with Crippen LogP contribution in [0.2, 0.25) is 0 Å². The van der Waals surface area contributed by atoms with Crippen molar-refractivity contribution in [1.82, 2.24) is 10.2 Å². The number of carbonyl (C=O) groups excluding carboxylic acids is 1. The van der Waals surface area contributed by atoms with Crippen LogP contribution < -0.4 is 5.32 Å². The molecule has 3 heteroatoms. The molecule has 0 radical (unpaired) electrons. The van der Waals surface area contributed by atoms with Crippen molar-refractivity contribution in [2.45, 2.75) is 65.1 Å². The molecule has 1 aromatic rings. The molecule has 2 aliphatic rings. The molecule has 0 bridgehead atoms. The van der Waals surface area contributed by atoms with E-state index in [0.29, 0.717) is 12.0 Å². The number of fused-ring (bicyclic) bond motifs is 1. The van der Waals surface area contributed by atoms with Crippen LogP contribution in [0.3, 0.4) is 0 Å². The van der Waals surface area contributed by atoms with Crippen molar-refractivity contribution in [2.24, 2.45) is 11.8 Å². The molecule has 1 heterocycles. The van der Waals surface area contributed by atoms with Gasteiger partial charge in [0.15, 0.2) is 0 Å². The summed E-state index contributed by atoms with van der Waals surface area (Å²) >= 11 is 0. The Morgan fingerprint density at radius 3 is 2.78 bits per heavy atom. The molecule has 23 heavy (non-hydrogen) atoms. The van der Waals surface area contributed by atoms with E-state index in [4.69, 9.17) is 0 Å². The SMILES string of the molecule is CCCCN1C(=O)c2ccccc2[C@@H]1N[C@@H]1CCC[C@@H](C)[C@H]1C. The van der Waals surface area contributed by atoms with Crippen molar-refractivity contribution in [2.75, 3.05) is 6.54 Å². The molecule has 1 amide bonds. The van der Waals surface area contributed by atoms with Crippen LogP contribution in [-0.4, -0.2) is 23.4 Å². The predicted octanol–water partition coefficient (Wildman–Crippen LogP) is 4.36. The zero-order valence-electron chi connectivity index (χ0n) is 14.7. The Labute approximate surface area is 140 Å². The van der Waals surface area contributed by atoms with Crippen LogP contribution >= 0.6 is 0 Å². The maximum Gasteiger partial charge on any atom is 0.255 e. The van der Waals surface area contributed by atoms with Gasteiger partial charge in [0.25, 0.3) is 5.91 Å². The molecule has 1 aliphatic heterocycles. The second-order valence-electron chi connectivity index (χ2n) is 7.38. The minimum atomic E-state index is 0.0583. The van der Waals surface area contributed by atoms with Gasteiger partial charge in [-0.3, -0.25) is 10.1 Å². The molecule has 3 nitrogen and oxygen atoms in total. The van der Waals surface area contributed by atoms with Crippen LogP contribution in [0.1, 0.15) is 75.0 Å². The third kappa shape index (κ3) is 3.16. The summed E-state index contributed by atoms with van der Waals surface area (Å²) in [6.07, 6.45) is 6.08. The van der Waals surface area contributed by atoms with Gasteiger partial charge < -0.3 is 4.90 Å². The van der Waals surface area contributed by atoms with Crippen LogP contribution in [0.25, 0.3) is 0 Å². The first kappa shape index (κ1) is 16.5. The average Bonchev–Trinajstić information content (AvgIpc) is 2.82. The molecule has 1 N–H and O–H groups in total. The number of carbonyl (C=O) groups is 1. The average molecular weight is 314 g/mol. The van der Waals surface area contributed by atoms with Crippen molar-refractivity contribution < 1.29 is 4.79 Å². The fraction of sp³-hybridized carbons (Fsp3) is 0.650. The Balaban J connectivity index is 1.83. The van der Waals surface area contributed by atoms with Crippen molar-refractivity contribution in [3.63, 3.8) is 0 Å². The van der Waals surface area contributed by atoms with Crippen molar-refractivity contribution in [3.8, 4) is 0 Å². The lowest BCUT2D eigenvalue weighted by atomic mass is 9.78. The summed E-state index contributed by atoms with van der Waals surface area (Å²) in [7, 11) is 0. The Kier molecular flexibility index (Phi) is 5.05. The minimum absolute atomic E-state index is 0.0583. The molecule has 126 valence electrons. The summed E-state index contributed by atoms with van der Waals surface area (Å²) in [5.41, 5.74) is 2.05. The number of nitrogens with zero attached hydrogens (tertiary/aromatic N) is 1. The second kappa shape index (κ2) is 7.04. The van der Waals surface area contributed by atoms with E-state index in [0.717, 1.165) is 30.9 Å². The van der Waals surface area contributed by atoms with E-state index in [1.54, 1.807) is 0 Å². The number of amides is 1. The van der Waals surface area contributed by atoms with Gasteiger partial charge in [-0.1, -0.05) is 58.2 Å². The Bertz CT molecular complexity index is 556. The second-order valence-corrected chi connectivity index (χ2v) is 7.38. The number of nitrogens with one attached hydrogen (secondary N) is 1. The molecule has 0 saturated heterocycles. The summed E-state index contributed by atoms with van der Waals surface area (Å²) in [5, 5.41) is 3.85. The molecular formula is C20H30N2O. The Morgan fingerprint density at radius 1 is 1.22 bits per heavy atom. The van der Waals surface area contributed by atoms with Gasteiger partial charge in [-0.2, -0.15) is 0 Å². The van der Waals surface area contributed by atoms with Crippen molar-refractivity contribution >= 4 is 5.91 Å². The highest BCUT2D eigenvalue weighted by atomic mass is 16.2. The fourth-order valence-electron chi connectivity index (χ4n) is 4.13. The molecule has 1 fully saturated rings. The number of benzene rings is 1. The molecule has 1 saturated carbocycles. The third-order valence-corrected chi connectivity index (χ3v) is 5.89. The smallest absolute Gasteiger partial charge is 0.255 e. The van der Waals surface area contributed by atoms with Gasteiger partial charge in [0.1, 0.15) is 6.17 Å². The fourth-order valence-corrected chi connectivity index (χ4v) is 4.13. The summed E-state index contributed by atoms with van der Waals surface area (Å²) < 4.78 is 0. The molecule has 4 atom stereocenters. The maximum absolute atomic E-state index is 12.8.